The summed E-state index contributed by atoms with van der Waals surface area (Å²) in [5, 5.41) is 11.7. The highest BCUT2D eigenvalue weighted by Crippen LogP contribution is 2.13. The van der Waals surface area contributed by atoms with Gasteiger partial charge in [0.1, 0.15) is 5.01 Å². The summed E-state index contributed by atoms with van der Waals surface area (Å²) in [6.07, 6.45) is 0. The maximum Gasteiger partial charge on any atom is 0.236 e. The molecule has 0 aromatic carbocycles. The first-order valence-electron chi connectivity index (χ1n) is 2.88. The maximum absolute atomic E-state index is 10.8. The number of rotatable bonds is 2. The first-order chi connectivity index (χ1) is 5.22. The van der Waals surface area contributed by atoms with Gasteiger partial charge in [-0.1, -0.05) is 27.3 Å². The van der Waals surface area contributed by atoms with Crippen molar-refractivity contribution in [3.05, 3.63) is 5.01 Å². The van der Waals surface area contributed by atoms with Gasteiger partial charge < -0.3 is 0 Å². The average molecular weight is 236 g/mol. The molecule has 0 spiro atoms. The van der Waals surface area contributed by atoms with E-state index in [1.165, 1.54) is 11.3 Å². The number of carbonyl (C=O) groups excluding carboxylic acids is 1. The fraction of sp³-hybridized carbons (Fsp3) is 0.400. The number of nitrogens with zero attached hydrogens (tertiary/aromatic N) is 2. The minimum atomic E-state index is -0.110. The van der Waals surface area contributed by atoms with E-state index in [0.717, 1.165) is 5.01 Å². The van der Waals surface area contributed by atoms with Crippen LogP contribution in [-0.4, -0.2) is 21.4 Å². The quantitative estimate of drug-likeness (QED) is 0.784. The lowest BCUT2D eigenvalue weighted by Gasteiger charge is -1.93. The first kappa shape index (κ1) is 8.61. The lowest BCUT2D eigenvalue weighted by atomic mass is 10.7. The van der Waals surface area contributed by atoms with Crippen molar-refractivity contribution in [3.8, 4) is 0 Å². The summed E-state index contributed by atoms with van der Waals surface area (Å²) in [6, 6.07) is 0. The van der Waals surface area contributed by atoms with Crippen LogP contribution in [0, 0.1) is 6.92 Å². The summed E-state index contributed by atoms with van der Waals surface area (Å²) in [7, 11) is 0. The molecular formula is C5H6BrN3OS. The molecule has 11 heavy (non-hydrogen) atoms. The number of alkyl halides is 1. The van der Waals surface area contributed by atoms with E-state index in [1.807, 2.05) is 6.92 Å². The Morgan fingerprint density at radius 2 is 2.45 bits per heavy atom. The lowest BCUT2D eigenvalue weighted by Crippen LogP contribution is -2.11. The van der Waals surface area contributed by atoms with E-state index < -0.39 is 0 Å². The van der Waals surface area contributed by atoms with E-state index in [-0.39, 0.29) is 11.2 Å². The van der Waals surface area contributed by atoms with Crippen LogP contribution >= 0.6 is 27.3 Å². The van der Waals surface area contributed by atoms with Crippen LogP contribution in [0.4, 0.5) is 5.13 Å². The van der Waals surface area contributed by atoms with E-state index in [4.69, 9.17) is 0 Å². The molecular weight excluding hydrogens is 230 g/mol. The summed E-state index contributed by atoms with van der Waals surface area (Å²) < 4.78 is 0. The van der Waals surface area contributed by atoms with Gasteiger partial charge in [0.25, 0.3) is 0 Å². The summed E-state index contributed by atoms with van der Waals surface area (Å²) in [5.74, 6) is -0.110. The SMILES string of the molecule is Cc1nnc(NC(=O)CBr)s1. The van der Waals surface area contributed by atoms with E-state index >= 15 is 0 Å². The molecule has 6 heteroatoms. The summed E-state index contributed by atoms with van der Waals surface area (Å²) >= 11 is 4.38. The normalized spacial score (nSPS) is 9.64. The van der Waals surface area contributed by atoms with Crippen molar-refractivity contribution in [2.75, 3.05) is 10.6 Å². The Labute approximate surface area is 76.2 Å². The van der Waals surface area contributed by atoms with E-state index in [2.05, 4.69) is 31.4 Å². The zero-order chi connectivity index (χ0) is 8.27. The molecule has 1 aromatic rings. The largest absolute Gasteiger partial charge is 0.300 e. The van der Waals surface area contributed by atoms with Gasteiger partial charge in [0.2, 0.25) is 11.0 Å². The Morgan fingerprint density at radius 3 is 2.91 bits per heavy atom. The number of aryl methyl sites for hydroxylation is 1. The van der Waals surface area contributed by atoms with E-state index in [0.29, 0.717) is 5.13 Å². The van der Waals surface area contributed by atoms with Gasteiger partial charge >= 0.3 is 0 Å². The molecule has 1 amide bonds. The molecule has 0 aliphatic carbocycles. The van der Waals surface area contributed by atoms with Crippen molar-refractivity contribution < 1.29 is 4.79 Å². The molecule has 0 aliphatic rings. The Bertz CT molecular complexity index is 262. The van der Waals surface area contributed by atoms with Crippen molar-refractivity contribution in [1.82, 2.24) is 10.2 Å². The van der Waals surface area contributed by atoms with E-state index in [1.54, 1.807) is 0 Å². The van der Waals surface area contributed by atoms with Crippen molar-refractivity contribution in [2.24, 2.45) is 0 Å². The predicted octanol–water partition coefficient (Wildman–Crippen LogP) is 1.18. The smallest absolute Gasteiger partial charge is 0.236 e. The molecule has 0 fully saturated rings. The van der Waals surface area contributed by atoms with Gasteiger partial charge in [0, 0.05) is 0 Å². The van der Waals surface area contributed by atoms with E-state index in [9.17, 15) is 4.79 Å². The second-order valence-corrected chi connectivity index (χ2v) is 3.55. The molecule has 0 aliphatic heterocycles. The minimum Gasteiger partial charge on any atom is -0.300 e. The van der Waals surface area contributed by atoms with Crippen LogP contribution < -0.4 is 5.32 Å². The number of nitrogens with one attached hydrogen (secondary N) is 1. The van der Waals surface area contributed by atoms with Crippen LogP contribution in [0.5, 0.6) is 0 Å². The van der Waals surface area contributed by atoms with Crippen LogP contribution in [0.2, 0.25) is 0 Å². The second kappa shape index (κ2) is 3.77. The van der Waals surface area contributed by atoms with Crippen LogP contribution in [0.15, 0.2) is 0 Å². The molecule has 0 bridgehead atoms. The van der Waals surface area contributed by atoms with Gasteiger partial charge in [-0.2, -0.15) is 0 Å². The Morgan fingerprint density at radius 1 is 1.73 bits per heavy atom. The van der Waals surface area contributed by atoms with Gasteiger partial charge in [-0.3, -0.25) is 10.1 Å². The zero-order valence-electron chi connectivity index (χ0n) is 5.80. The molecule has 1 N–H and O–H groups in total. The number of anilines is 1. The average Bonchev–Trinajstić information content (AvgIpc) is 2.35. The van der Waals surface area contributed by atoms with Crippen LogP contribution in [-0.2, 0) is 4.79 Å². The van der Waals surface area contributed by atoms with Crippen LogP contribution in [0.3, 0.4) is 0 Å². The standard InChI is InChI=1S/C5H6BrN3OS/c1-3-8-9-5(11-3)7-4(10)2-6/h2H2,1H3,(H,7,9,10). The van der Waals surface area contributed by atoms with Crippen molar-refractivity contribution in [3.63, 3.8) is 0 Å². The predicted molar refractivity (Wildman–Crippen MR) is 47.1 cm³/mol. The topological polar surface area (TPSA) is 54.9 Å². The second-order valence-electron chi connectivity index (χ2n) is 1.81. The van der Waals surface area contributed by atoms with Gasteiger partial charge in [-0.25, -0.2) is 0 Å². The number of halogens is 1. The lowest BCUT2D eigenvalue weighted by molar-refractivity contribution is -0.113. The Kier molecular flexibility index (Phi) is 2.95. The summed E-state index contributed by atoms with van der Waals surface area (Å²) in [6.45, 7) is 1.83. The third kappa shape index (κ3) is 2.55. The number of aromatic nitrogens is 2. The molecule has 60 valence electrons. The van der Waals surface area contributed by atoms with Gasteiger partial charge in [-0.05, 0) is 6.92 Å². The highest BCUT2D eigenvalue weighted by Gasteiger charge is 2.03. The molecule has 0 saturated carbocycles. The molecule has 4 nitrogen and oxygen atoms in total. The summed E-state index contributed by atoms with van der Waals surface area (Å²) in [4.78, 5) is 10.8. The summed E-state index contributed by atoms with van der Waals surface area (Å²) in [5.41, 5.74) is 0. The fourth-order valence-electron chi connectivity index (χ4n) is 0.500. The molecule has 0 radical (unpaired) electrons. The molecule has 1 rings (SSSR count). The van der Waals surface area contributed by atoms with Gasteiger partial charge in [-0.15, -0.1) is 10.2 Å². The molecule has 1 heterocycles. The Balaban J connectivity index is 2.57. The number of carbonyl (C=O) groups is 1. The third-order valence-electron chi connectivity index (χ3n) is 0.894. The third-order valence-corrected chi connectivity index (χ3v) is 2.16. The maximum atomic E-state index is 10.8. The molecule has 1 aromatic heterocycles. The van der Waals surface area contributed by atoms with Crippen molar-refractivity contribution in [1.29, 1.82) is 0 Å². The van der Waals surface area contributed by atoms with Gasteiger partial charge in [0.15, 0.2) is 0 Å². The van der Waals surface area contributed by atoms with Crippen LogP contribution in [0.1, 0.15) is 5.01 Å². The minimum absolute atomic E-state index is 0.110. The van der Waals surface area contributed by atoms with Crippen molar-refractivity contribution >= 4 is 38.3 Å². The molecule has 0 unspecified atom stereocenters. The highest BCUT2D eigenvalue weighted by atomic mass is 79.9. The number of hydrogen-bond acceptors (Lipinski definition) is 4. The van der Waals surface area contributed by atoms with Crippen molar-refractivity contribution in [2.45, 2.75) is 6.92 Å². The van der Waals surface area contributed by atoms with Gasteiger partial charge in [0.05, 0.1) is 5.33 Å². The number of amides is 1. The zero-order valence-corrected chi connectivity index (χ0v) is 8.20. The monoisotopic (exact) mass is 235 g/mol. The molecule has 0 saturated heterocycles. The van der Waals surface area contributed by atoms with Crippen LogP contribution in [0.25, 0.3) is 0 Å². The molecule has 0 atom stereocenters. The first-order valence-corrected chi connectivity index (χ1v) is 4.82. The fourth-order valence-corrected chi connectivity index (χ4v) is 1.25. The highest BCUT2D eigenvalue weighted by molar-refractivity contribution is 9.09. The number of hydrogen-bond donors (Lipinski definition) is 1. The Hall–Kier alpha value is -0.490.